The van der Waals surface area contributed by atoms with Crippen LogP contribution in [0.2, 0.25) is 0 Å². The molecule has 0 saturated heterocycles. The first kappa shape index (κ1) is 13.0. The highest BCUT2D eigenvalue weighted by atomic mass is 16.6. The second-order valence-corrected chi connectivity index (χ2v) is 4.98. The van der Waals surface area contributed by atoms with Gasteiger partial charge in [0.25, 0.3) is 0 Å². The Bertz CT molecular complexity index is 617. The first-order chi connectivity index (χ1) is 9.78. The fraction of sp³-hybridized carbons (Fsp3) is 0.400. The van der Waals surface area contributed by atoms with E-state index in [1.54, 1.807) is 0 Å². The van der Waals surface area contributed by atoms with Crippen LogP contribution >= 0.6 is 0 Å². The van der Waals surface area contributed by atoms with Crippen LogP contribution in [-0.4, -0.2) is 17.5 Å². The van der Waals surface area contributed by atoms with E-state index in [1.807, 2.05) is 31.3 Å². The molecular formula is C15H18N2O3. The van der Waals surface area contributed by atoms with Gasteiger partial charge in [-0.2, -0.15) is 0 Å². The van der Waals surface area contributed by atoms with Gasteiger partial charge in [-0.25, -0.2) is 5.48 Å². The molecule has 0 radical (unpaired) electrons. The molecule has 5 heteroatoms. The van der Waals surface area contributed by atoms with E-state index in [-0.39, 0.29) is 11.8 Å². The molecular weight excluding hydrogens is 256 g/mol. The molecule has 1 aromatic heterocycles. The van der Waals surface area contributed by atoms with Crippen molar-refractivity contribution < 1.29 is 14.4 Å². The van der Waals surface area contributed by atoms with Gasteiger partial charge in [-0.05, 0) is 38.0 Å². The Morgan fingerprint density at radius 3 is 3.05 bits per heavy atom. The number of hydrogen-bond donors (Lipinski definition) is 2. The standard InChI is InChI=1S/C15H18N2O3/c1-2-19-12-5-6-14-13(7-12)11(8-16-14)9-20-17-15(18)10-3-4-10/h5-8,10,16H,2-4,9H2,1H3,(H,17,18). The fourth-order valence-electron chi connectivity index (χ4n) is 2.15. The van der Waals surface area contributed by atoms with Crippen molar-refractivity contribution in [1.29, 1.82) is 0 Å². The van der Waals surface area contributed by atoms with Gasteiger partial charge in [0.05, 0.1) is 6.61 Å². The molecule has 1 heterocycles. The minimum atomic E-state index is -0.0140. The van der Waals surface area contributed by atoms with E-state index >= 15 is 0 Å². The first-order valence-electron chi connectivity index (χ1n) is 6.92. The molecule has 1 aliphatic rings. The Balaban J connectivity index is 1.67. The molecule has 3 rings (SSSR count). The third kappa shape index (κ3) is 2.77. The second-order valence-electron chi connectivity index (χ2n) is 4.98. The summed E-state index contributed by atoms with van der Waals surface area (Å²) in [6.45, 7) is 2.94. The van der Waals surface area contributed by atoms with E-state index in [4.69, 9.17) is 9.57 Å². The Kier molecular flexibility index (Phi) is 3.60. The van der Waals surface area contributed by atoms with Crippen molar-refractivity contribution in [3.8, 4) is 5.75 Å². The molecule has 0 bridgehead atoms. The van der Waals surface area contributed by atoms with Crippen molar-refractivity contribution >= 4 is 16.8 Å². The van der Waals surface area contributed by atoms with Gasteiger partial charge in [0.1, 0.15) is 12.4 Å². The summed E-state index contributed by atoms with van der Waals surface area (Å²) in [6, 6.07) is 5.89. The van der Waals surface area contributed by atoms with Crippen LogP contribution in [0.25, 0.3) is 10.9 Å². The number of aromatic nitrogens is 1. The average Bonchev–Trinajstić information content (AvgIpc) is 3.22. The third-order valence-corrected chi connectivity index (χ3v) is 3.40. The molecule has 1 fully saturated rings. The summed E-state index contributed by atoms with van der Waals surface area (Å²) in [5.41, 5.74) is 4.53. The number of hydrogen-bond acceptors (Lipinski definition) is 3. The first-order valence-corrected chi connectivity index (χ1v) is 6.92. The number of amides is 1. The summed E-state index contributed by atoms with van der Waals surface area (Å²) >= 11 is 0. The van der Waals surface area contributed by atoms with Gasteiger partial charge in [0.15, 0.2) is 0 Å². The number of carbonyl (C=O) groups is 1. The summed E-state index contributed by atoms with van der Waals surface area (Å²) in [5, 5.41) is 1.05. The van der Waals surface area contributed by atoms with Crippen LogP contribution < -0.4 is 10.2 Å². The maximum Gasteiger partial charge on any atom is 0.246 e. The zero-order chi connectivity index (χ0) is 13.9. The van der Waals surface area contributed by atoms with E-state index in [0.29, 0.717) is 13.2 Å². The summed E-state index contributed by atoms with van der Waals surface area (Å²) in [6.07, 6.45) is 3.84. The SMILES string of the molecule is CCOc1ccc2[nH]cc(CONC(=O)C3CC3)c2c1. The number of aromatic amines is 1. The quantitative estimate of drug-likeness (QED) is 0.796. The molecule has 1 aliphatic carbocycles. The molecule has 5 nitrogen and oxygen atoms in total. The molecule has 0 unspecified atom stereocenters. The van der Waals surface area contributed by atoms with Gasteiger partial charge in [-0.1, -0.05) is 0 Å². The van der Waals surface area contributed by atoms with Gasteiger partial charge >= 0.3 is 0 Å². The van der Waals surface area contributed by atoms with E-state index < -0.39 is 0 Å². The molecule has 1 aromatic carbocycles. The highest BCUT2D eigenvalue weighted by Gasteiger charge is 2.29. The predicted octanol–water partition coefficient (Wildman–Crippen LogP) is 2.52. The molecule has 1 amide bonds. The topological polar surface area (TPSA) is 63.4 Å². The minimum Gasteiger partial charge on any atom is -0.494 e. The van der Waals surface area contributed by atoms with Crippen LogP contribution in [0.4, 0.5) is 0 Å². The largest absolute Gasteiger partial charge is 0.494 e. The van der Waals surface area contributed by atoms with Crippen LogP contribution in [0.5, 0.6) is 5.75 Å². The number of carbonyl (C=O) groups excluding carboxylic acids is 1. The van der Waals surface area contributed by atoms with Crippen LogP contribution in [0.15, 0.2) is 24.4 Å². The predicted molar refractivity (Wildman–Crippen MR) is 75.1 cm³/mol. The lowest BCUT2D eigenvalue weighted by Gasteiger charge is -2.05. The second kappa shape index (κ2) is 5.54. The molecule has 0 atom stereocenters. The zero-order valence-corrected chi connectivity index (χ0v) is 11.4. The van der Waals surface area contributed by atoms with Gasteiger partial charge in [-0.3, -0.25) is 9.63 Å². The molecule has 2 aromatic rings. The number of fused-ring (bicyclic) bond motifs is 1. The lowest BCUT2D eigenvalue weighted by molar-refractivity contribution is -0.135. The monoisotopic (exact) mass is 274 g/mol. The third-order valence-electron chi connectivity index (χ3n) is 3.40. The van der Waals surface area contributed by atoms with Gasteiger partial charge in [-0.15, -0.1) is 0 Å². The summed E-state index contributed by atoms with van der Waals surface area (Å²) < 4.78 is 5.50. The Labute approximate surface area is 117 Å². The number of ether oxygens (including phenoxy) is 1. The summed E-state index contributed by atoms with van der Waals surface area (Å²) in [7, 11) is 0. The minimum absolute atomic E-state index is 0.0140. The van der Waals surface area contributed by atoms with Gasteiger partial charge in [0, 0.05) is 28.6 Å². The van der Waals surface area contributed by atoms with Crippen LogP contribution in [0, 0.1) is 5.92 Å². The number of nitrogens with one attached hydrogen (secondary N) is 2. The van der Waals surface area contributed by atoms with Crippen molar-refractivity contribution in [3.05, 3.63) is 30.0 Å². The molecule has 1 saturated carbocycles. The van der Waals surface area contributed by atoms with Crippen LogP contribution in [-0.2, 0) is 16.2 Å². The molecule has 0 spiro atoms. The highest BCUT2D eigenvalue weighted by Crippen LogP contribution is 2.29. The van der Waals surface area contributed by atoms with Crippen LogP contribution in [0.1, 0.15) is 25.3 Å². The Morgan fingerprint density at radius 1 is 1.45 bits per heavy atom. The summed E-state index contributed by atoms with van der Waals surface area (Å²) in [5.74, 6) is 0.977. The maximum atomic E-state index is 11.5. The number of H-pyrrole nitrogens is 1. The van der Waals surface area contributed by atoms with Crippen molar-refractivity contribution in [2.75, 3.05) is 6.61 Å². The smallest absolute Gasteiger partial charge is 0.246 e. The lowest BCUT2D eigenvalue weighted by atomic mass is 10.2. The van der Waals surface area contributed by atoms with Gasteiger partial charge < -0.3 is 9.72 Å². The molecule has 20 heavy (non-hydrogen) atoms. The average molecular weight is 274 g/mol. The van der Waals surface area contributed by atoms with E-state index in [2.05, 4.69) is 10.5 Å². The van der Waals surface area contributed by atoms with Crippen molar-refractivity contribution in [2.24, 2.45) is 5.92 Å². The number of rotatable bonds is 6. The van der Waals surface area contributed by atoms with Gasteiger partial charge in [0.2, 0.25) is 5.91 Å². The zero-order valence-electron chi connectivity index (χ0n) is 11.4. The fourth-order valence-corrected chi connectivity index (χ4v) is 2.15. The number of benzene rings is 1. The molecule has 0 aliphatic heterocycles. The molecule has 2 N–H and O–H groups in total. The highest BCUT2D eigenvalue weighted by molar-refractivity contribution is 5.84. The van der Waals surface area contributed by atoms with Crippen molar-refractivity contribution in [3.63, 3.8) is 0 Å². The Hall–Kier alpha value is -2.01. The summed E-state index contributed by atoms with van der Waals surface area (Å²) in [4.78, 5) is 19.9. The van der Waals surface area contributed by atoms with E-state index in [0.717, 1.165) is 35.1 Å². The Morgan fingerprint density at radius 2 is 2.30 bits per heavy atom. The molecule has 106 valence electrons. The van der Waals surface area contributed by atoms with E-state index in [9.17, 15) is 4.79 Å². The lowest BCUT2D eigenvalue weighted by Crippen LogP contribution is -2.24. The van der Waals surface area contributed by atoms with Crippen LogP contribution in [0.3, 0.4) is 0 Å². The van der Waals surface area contributed by atoms with E-state index in [1.165, 1.54) is 0 Å². The number of hydroxylamine groups is 1. The van der Waals surface area contributed by atoms with Crippen molar-refractivity contribution in [2.45, 2.75) is 26.4 Å². The maximum absolute atomic E-state index is 11.5. The van der Waals surface area contributed by atoms with Crippen molar-refractivity contribution in [1.82, 2.24) is 10.5 Å². The normalized spacial score (nSPS) is 14.4.